The quantitative estimate of drug-likeness (QED) is 0.164. The molecule has 59 heavy (non-hydrogen) atoms. The molecule has 4 heteroatoms. The van der Waals surface area contributed by atoms with E-state index in [-0.39, 0.29) is 5.56 Å². The van der Waals surface area contributed by atoms with Crippen molar-refractivity contribution in [1.82, 2.24) is 8.97 Å². The van der Waals surface area contributed by atoms with Crippen LogP contribution >= 0.6 is 11.3 Å². The Morgan fingerprint density at radius 1 is 0.356 bits per heavy atom. The Balaban J connectivity index is 1.03. The highest BCUT2D eigenvalue weighted by atomic mass is 32.1. The van der Waals surface area contributed by atoms with Gasteiger partial charge in [0.2, 0.25) is 0 Å². The lowest BCUT2D eigenvalue weighted by molar-refractivity contribution is 1.19. The van der Waals surface area contributed by atoms with Crippen molar-refractivity contribution in [3.63, 3.8) is 0 Å². The maximum Gasteiger partial charge on any atom is 0.264 e. The molecule has 274 valence electrons. The van der Waals surface area contributed by atoms with Crippen LogP contribution in [0.25, 0.3) is 119 Å². The van der Waals surface area contributed by atoms with Gasteiger partial charge in [-0.15, -0.1) is 11.3 Å². The summed E-state index contributed by atoms with van der Waals surface area (Å²) in [4.78, 5) is 14.9. The molecule has 0 atom stereocenters. The number of nitrogens with zero attached hydrogens (tertiary/aromatic N) is 2. The van der Waals surface area contributed by atoms with E-state index in [1.807, 2.05) is 21.8 Å². The number of hydrogen-bond acceptors (Lipinski definition) is 2. The molecule has 0 radical (unpaired) electrons. The Morgan fingerprint density at radius 3 is 1.80 bits per heavy atom. The molecule has 4 heterocycles. The third-order valence-electron chi connectivity index (χ3n) is 12.5. The third kappa shape index (κ3) is 4.60. The second-order valence-electron chi connectivity index (χ2n) is 15.6. The smallest absolute Gasteiger partial charge is 0.264 e. The number of benzene rings is 9. The summed E-state index contributed by atoms with van der Waals surface area (Å²) in [5.41, 5.74) is 12.3. The van der Waals surface area contributed by atoms with Crippen molar-refractivity contribution in [2.24, 2.45) is 0 Å². The first-order valence-corrected chi connectivity index (χ1v) is 20.9. The van der Waals surface area contributed by atoms with Crippen molar-refractivity contribution in [3.05, 3.63) is 204 Å². The largest absolute Gasteiger partial charge is 0.309 e. The van der Waals surface area contributed by atoms with Crippen LogP contribution in [-0.4, -0.2) is 8.97 Å². The van der Waals surface area contributed by atoms with E-state index in [1.54, 1.807) is 0 Å². The predicted octanol–water partition coefficient (Wildman–Crippen LogP) is 14.7. The minimum atomic E-state index is 0.0224. The Labute approximate surface area is 342 Å². The topological polar surface area (TPSA) is 26.4 Å². The molecule has 0 unspecified atom stereocenters. The van der Waals surface area contributed by atoms with Crippen LogP contribution in [0.1, 0.15) is 0 Å². The van der Waals surface area contributed by atoms with Crippen molar-refractivity contribution in [2.75, 3.05) is 0 Å². The Morgan fingerprint density at radius 2 is 0.949 bits per heavy atom. The van der Waals surface area contributed by atoms with Gasteiger partial charge in [0.05, 0.1) is 27.5 Å². The molecule has 4 aromatic heterocycles. The van der Waals surface area contributed by atoms with E-state index in [0.717, 1.165) is 54.8 Å². The van der Waals surface area contributed by atoms with Crippen molar-refractivity contribution < 1.29 is 0 Å². The molecular formula is C55H32N2OS. The highest BCUT2D eigenvalue weighted by Crippen LogP contribution is 2.44. The minimum absolute atomic E-state index is 0.0224. The van der Waals surface area contributed by atoms with Gasteiger partial charge >= 0.3 is 0 Å². The second-order valence-corrected chi connectivity index (χ2v) is 16.7. The van der Waals surface area contributed by atoms with Gasteiger partial charge < -0.3 is 4.57 Å². The van der Waals surface area contributed by atoms with Gasteiger partial charge in [-0.2, -0.15) is 0 Å². The predicted molar refractivity (Wildman–Crippen MR) is 251 cm³/mol. The molecule has 3 nitrogen and oxygen atoms in total. The third-order valence-corrected chi connectivity index (χ3v) is 13.6. The van der Waals surface area contributed by atoms with E-state index >= 15 is 0 Å². The molecule has 9 aromatic carbocycles. The van der Waals surface area contributed by atoms with Crippen molar-refractivity contribution in [1.29, 1.82) is 0 Å². The van der Waals surface area contributed by atoms with Crippen molar-refractivity contribution in [3.8, 4) is 39.1 Å². The molecule has 0 saturated heterocycles. The second kappa shape index (κ2) is 12.2. The van der Waals surface area contributed by atoms with Gasteiger partial charge in [-0.05, 0) is 93.4 Å². The molecule has 0 fully saturated rings. The molecule has 13 rings (SSSR count). The summed E-state index contributed by atoms with van der Waals surface area (Å²) in [6.45, 7) is 0. The lowest BCUT2D eigenvalue weighted by Crippen LogP contribution is -2.13. The molecule has 0 aliphatic rings. The zero-order chi connectivity index (χ0) is 38.8. The van der Waals surface area contributed by atoms with E-state index in [1.165, 1.54) is 64.2 Å². The average molecular weight is 769 g/mol. The molecule has 0 spiro atoms. The molecular weight excluding hydrogens is 737 g/mol. The summed E-state index contributed by atoms with van der Waals surface area (Å²) in [5, 5.41) is 9.86. The zero-order valence-electron chi connectivity index (χ0n) is 31.7. The van der Waals surface area contributed by atoms with Gasteiger partial charge in [-0.3, -0.25) is 9.20 Å². The standard InChI is InChI=1S/C55H32N2OS/c58-55-53-41(18-9-19-42(53)44-22-10-21-43-38-16-4-7-24-48(38)57(55)54(43)44)40-20-11-25-51-52(40)46-32-37(27-29-50(46)59-51)56-47-23-6-5-17-39(47)45-31-36(26-28-49(45)56)35-15-8-14-34(30-35)33-12-2-1-3-13-33/h1-32H. The lowest BCUT2D eigenvalue weighted by atomic mass is 9.93. The van der Waals surface area contributed by atoms with Crippen LogP contribution in [0, 0.1) is 0 Å². The summed E-state index contributed by atoms with van der Waals surface area (Å²) in [7, 11) is 0. The normalized spacial score (nSPS) is 12.1. The number of fused-ring (bicyclic) bond motifs is 11. The van der Waals surface area contributed by atoms with Gasteiger partial charge in [0.1, 0.15) is 0 Å². The van der Waals surface area contributed by atoms with E-state index in [9.17, 15) is 4.79 Å². The molecule has 0 saturated carbocycles. The Kier molecular flexibility index (Phi) is 6.75. The van der Waals surface area contributed by atoms with Gasteiger partial charge in [0.15, 0.2) is 0 Å². The monoisotopic (exact) mass is 768 g/mol. The first-order valence-electron chi connectivity index (χ1n) is 20.0. The first kappa shape index (κ1) is 32.5. The van der Waals surface area contributed by atoms with E-state index in [2.05, 4.69) is 193 Å². The van der Waals surface area contributed by atoms with E-state index in [0.29, 0.717) is 0 Å². The highest BCUT2D eigenvalue weighted by molar-refractivity contribution is 7.26. The average Bonchev–Trinajstić information content (AvgIpc) is 3.96. The molecule has 0 aliphatic heterocycles. The van der Waals surface area contributed by atoms with Crippen LogP contribution in [-0.2, 0) is 0 Å². The Hall–Kier alpha value is -7.53. The minimum Gasteiger partial charge on any atom is -0.309 e. The van der Waals surface area contributed by atoms with E-state index < -0.39 is 0 Å². The van der Waals surface area contributed by atoms with Gasteiger partial charge in [-0.1, -0.05) is 140 Å². The molecule has 0 amide bonds. The van der Waals surface area contributed by atoms with Crippen LogP contribution < -0.4 is 5.56 Å². The SMILES string of the molecule is O=c1c2c(-c3cccc4sc5ccc(-n6c7ccccc7c7cc(-c8cccc(-c9ccccc9)c8)ccc76)cc5c34)cccc2c2cccc3c4ccccc4n1c23. The Bertz CT molecular complexity index is 3930. The number of thiophene rings is 1. The molecule has 0 aliphatic carbocycles. The number of pyridine rings is 1. The first-order chi connectivity index (χ1) is 29.2. The maximum absolute atomic E-state index is 14.9. The molecule has 0 N–H and O–H groups in total. The number of rotatable bonds is 4. The van der Waals surface area contributed by atoms with Crippen LogP contribution in [0.4, 0.5) is 0 Å². The number of hydrogen-bond donors (Lipinski definition) is 0. The van der Waals surface area contributed by atoms with Gasteiger partial charge in [0, 0.05) is 52.8 Å². The maximum atomic E-state index is 14.9. The van der Waals surface area contributed by atoms with Gasteiger partial charge in [-0.25, -0.2) is 0 Å². The fraction of sp³-hybridized carbons (Fsp3) is 0. The molecule has 13 aromatic rings. The summed E-state index contributed by atoms with van der Waals surface area (Å²) < 4.78 is 6.78. The number of para-hydroxylation sites is 3. The van der Waals surface area contributed by atoms with Crippen LogP contribution in [0.3, 0.4) is 0 Å². The van der Waals surface area contributed by atoms with Gasteiger partial charge in [0.25, 0.3) is 5.56 Å². The number of aromatic nitrogens is 2. The van der Waals surface area contributed by atoms with Crippen molar-refractivity contribution in [2.45, 2.75) is 0 Å². The zero-order valence-corrected chi connectivity index (χ0v) is 32.5. The summed E-state index contributed by atoms with van der Waals surface area (Å²) in [6.07, 6.45) is 0. The fourth-order valence-electron chi connectivity index (χ4n) is 9.91. The highest BCUT2D eigenvalue weighted by Gasteiger charge is 2.21. The van der Waals surface area contributed by atoms with E-state index in [4.69, 9.17) is 0 Å². The van der Waals surface area contributed by atoms with Crippen molar-refractivity contribution >= 4 is 91.3 Å². The summed E-state index contributed by atoms with van der Waals surface area (Å²) in [5.74, 6) is 0. The lowest BCUT2D eigenvalue weighted by Gasteiger charge is -2.12. The molecule has 0 bridgehead atoms. The fourth-order valence-corrected chi connectivity index (χ4v) is 11.0. The van der Waals surface area contributed by atoms with Crippen LogP contribution in [0.5, 0.6) is 0 Å². The van der Waals surface area contributed by atoms with Crippen LogP contribution in [0.15, 0.2) is 199 Å². The van der Waals surface area contributed by atoms with Crippen LogP contribution in [0.2, 0.25) is 0 Å². The summed E-state index contributed by atoms with van der Waals surface area (Å²) >= 11 is 1.81. The summed E-state index contributed by atoms with van der Waals surface area (Å²) in [6, 6.07) is 69.5.